The Morgan fingerprint density at radius 2 is 1.40 bits per heavy atom. The van der Waals surface area contributed by atoms with Crippen molar-refractivity contribution in [1.29, 1.82) is 0 Å². The van der Waals surface area contributed by atoms with Crippen LogP contribution in [0, 0.1) is 34.6 Å². The molecule has 2 rings (SSSR count). The summed E-state index contributed by atoms with van der Waals surface area (Å²) in [6.45, 7) is 9.97. The highest BCUT2D eigenvalue weighted by Gasteiger charge is 2.20. The van der Waals surface area contributed by atoms with Gasteiger partial charge in [0.1, 0.15) is 0 Å². The fourth-order valence-electron chi connectivity index (χ4n) is 3.44. The Hall–Kier alpha value is -3.02. The van der Waals surface area contributed by atoms with Crippen LogP contribution in [0.25, 0.3) is 0 Å². The van der Waals surface area contributed by atoms with Crippen LogP contribution in [0.1, 0.15) is 43.7 Å². The molecule has 0 bridgehead atoms. The van der Waals surface area contributed by atoms with Crippen molar-refractivity contribution < 1.29 is 23.8 Å². The Kier molecular flexibility index (Phi) is 7.86. The fraction of sp³-hybridized carbons (Fsp3) is 0.417. The molecule has 0 heterocycles. The third kappa shape index (κ3) is 5.12. The molecule has 0 saturated carbocycles. The minimum atomic E-state index is -0.466. The summed E-state index contributed by atoms with van der Waals surface area (Å²) >= 11 is 0. The highest BCUT2D eigenvalue weighted by molar-refractivity contribution is 5.95. The highest BCUT2D eigenvalue weighted by Crippen LogP contribution is 2.28. The Bertz CT molecular complexity index is 920. The molecule has 162 valence electrons. The smallest absolute Gasteiger partial charge is 0.339 e. The summed E-state index contributed by atoms with van der Waals surface area (Å²) in [6, 6.07) is 5.62. The molecule has 0 aliphatic rings. The van der Waals surface area contributed by atoms with Crippen LogP contribution in [-0.4, -0.2) is 39.2 Å². The molecule has 0 aliphatic heterocycles. The number of amides is 1. The first-order valence-electron chi connectivity index (χ1n) is 9.92. The lowest BCUT2D eigenvalue weighted by atomic mass is 9.90. The van der Waals surface area contributed by atoms with E-state index in [2.05, 4.69) is 5.32 Å². The molecule has 0 unspecified atom stereocenters. The zero-order valence-electron chi connectivity index (χ0n) is 18.9. The maximum atomic E-state index is 12.6. The van der Waals surface area contributed by atoms with Crippen molar-refractivity contribution in [1.82, 2.24) is 5.32 Å². The molecule has 0 aromatic heterocycles. The number of methoxy groups -OCH3 is 2. The van der Waals surface area contributed by atoms with Crippen molar-refractivity contribution in [2.45, 2.75) is 41.0 Å². The number of hydrogen-bond acceptors (Lipinski definition) is 5. The summed E-state index contributed by atoms with van der Waals surface area (Å²) in [4.78, 5) is 24.7. The van der Waals surface area contributed by atoms with Crippen LogP contribution in [0.5, 0.6) is 11.5 Å². The Morgan fingerprint density at radius 1 is 0.833 bits per heavy atom. The number of esters is 1. The Morgan fingerprint density at radius 3 is 1.97 bits per heavy atom. The van der Waals surface area contributed by atoms with Crippen LogP contribution in [0.3, 0.4) is 0 Å². The third-order valence-corrected chi connectivity index (χ3v) is 5.72. The summed E-state index contributed by atoms with van der Waals surface area (Å²) < 4.78 is 15.8. The largest absolute Gasteiger partial charge is 0.493 e. The zero-order valence-corrected chi connectivity index (χ0v) is 18.9. The zero-order chi connectivity index (χ0) is 22.4. The lowest BCUT2D eigenvalue weighted by Crippen LogP contribution is -2.30. The van der Waals surface area contributed by atoms with Gasteiger partial charge in [-0.3, -0.25) is 4.79 Å². The third-order valence-electron chi connectivity index (χ3n) is 5.72. The number of carbonyl (C=O) groups is 2. The average molecular weight is 414 g/mol. The molecule has 6 nitrogen and oxygen atoms in total. The second-order valence-electron chi connectivity index (χ2n) is 7.37. The van der Waals surface area contributed by atoms with Crippen molar-refractivity contribution in [2.75, 3.05) is 27.4 Å². The molecular formula is C24H31NO5. The van der Waals surface area contributed by atoms with E-state index in [0.29, 0.717) is 30.0 Å². The minimum absolute atomic E-state index is 0.310. The predicted octanol–water partition coefficient (Wildman–Crippen LogP) is 3.76. The first kappa shape index (κ1) is 23.3. The Labute approximate surface area is 178 Å². The summed E-state index contributed by atoms with van der Waals surface area (Å²) in [5.74, 6) is 0.500. The molecule has 0 atom stereocenters. The van der Waals surface area contributed by atoms with Crippen LogP contribution in [0.2, 0.25) is 0 Å². The van der Waals surface area contributed by atoms with Gasteiger partial charge in [-0.25, -0.2) is 4.79 Å². The average Bonchev–Trinajstić information content (AvgIpc) is 2.74. The van der Waals surface area contributed by atoms with Gasteiger partial charge in [0.2, 0.25) is 0 Å². The van der Waals surface area contributed by atoms with Gasteiger partial charge in [-0.05, 0) is 86.6 Å². The molecule has 2 aromatic rings. The molecule has 1 amide bonds. The van der Waals surface area contributed by atoms with Gasteiger partial charge >= 0.3 is 5.97 Å². The lowest BCUT2D eigenvalue weighted by molar-refractivity contribution is -0.124. The topological polar surface area (TPSA) is 73.9 Å². The molecule has 0 radical (unpaired) electrons. The van der Waals surface area contributed by atoms with E-state index in [1.54, 1.807) is 14.2 Å². The molecule has 0 aliphatic carbocycles. The van der Waals surface area contributed by atoms with E-state index in [-0.39, 0.29) is 12.5 Å². The van der Waals surface area contributed by atoms with Gasteiger partial charge in [-0.2, -0.15) is 0 Å². The van der Waals surface area contributed by atoms with Gasteiger partial charge in [0, 0.05) is 6.54 Å². The van der Waals surface area contributed by atoms with E-state index in [9.17, 15) is 9.59 Å². The molecule has 1 N–H and O–H groups in total. The van der Waals surface area contributed by atoms with Crippen molar-refractivity contribution >= 4 is 11.9 Å². The van der Waals surface area contributed by atoms with Gasteiger partial charge in [-0.15, -0.1) is 0 Å². The van der Waals surface area contributed by atoms with Crippen LogP contribution < -0.4 is 14.8 Å². The van der Waals surface area contributed by atoms with Gasteiger partial charge in [0.25, 0.3) is 5.91 Å². The molecule has 0 fully saturated rings. The molecule has 30 heavy (non-hydrogen) atoms. The molecule has 0 saturated heterocycles. The molecule has 0 spiro atoms. The van der Waals surface area contributed by atoms with Crippen LogP contribution in [-0.2, 0) is 16.0 Å². The Balaban J connectivity index is 1.91. The number of benzene rings is 2. The first-order chi connectivity index (χ1) is 14.2. The van der Waals surface area contributed by atoms with E-state index in [1.807, 2.05) is 52.8 Å². The second kappa shape index (κ2) is 10.1. The van der Waals surface area contributed by atoms with E-state index < -0.39 is 5.97 Å². The van der Waals surface area contributed by atoms with E-state index in [0.717, 1.165) is 27.8 Å². The van der Waals surface area contributed by atoms with E-state index >= 15 is 0 Å². The van der Waals surface area contributed by atoms with Crippen LogP contribution in [0.4, 0.5) is 0 Å². The summed E-state index contributed by atoms with van der Waals surface area (Å²) in [5, 5.41) is 2.78. The van der Waals surface area contributed by atoms with Gasteiger partial charge in [-0.1, -0.05) is 6.07 Å². The molecular weight excluding hydrogens is 382 g/mol. The quantitative estimate of drug-likeness (QED) is 0.667. The maximum Gasteiger partial charge on any atom is 0.339 e. The number of hydrogen-bond donors (Lipinski definition) is 1. The predicted molar refractivity (Wildman–Crippen MR) is 117 cm³/mol. The number of rotatable bonds is 8. The molecule has 6 heteroatoms. The number of carbonyl (C=O) groups excluding carboxylic acids is 2. The normalized spacial score (nSPS) is 10.5. The van der Waals surface area contributed by atoms with Crippen LogP contribution >= 0.6 is 0 Å². The lowest BCUT2D eigenvalue weighted by Gasteiger charge is -2.17. The second-order valence-corrected chi connectivity index (χ2v) is 7.37. The van der Waals surface area contributed by atoms with Crippen molar-refractivity contribution in [2.24, 2.45) is 0 Å². The summed E-state index contributed by atoms with van der Waals surface area (Å²) in [6.07, 6.45) is 0.620. The molecule has 2 aromatic carbocycles. The fourth-order valence-corrected chi connectivity index (χ4v) is 3.44. The monoisotopic (exact) mass is 413 g/mol. The van der Waals surface area contributed by atoms with Crippen LogP contribution in [0.15, 0.2) is 18.2 Å². The number of nitrogens with one attached hydrogen (secondary N) is 1. The minimum Gasteiger partial charge on any atom is -0.493 e. The first-order valence-corrected chi connectivity index (χ1v) is 9.92. The number of ether oxygens (including phenoxy) is 3. The van der Waals surface area contributed by atoms with E-state index in [4.69, 9.17) is 14.2 Å². The van der Waals surface area contributed by atoms with Crippen molar-refractivity contribution in [3.8, 4) is 11.5 Å². The SMILES string of the molecule is COc1ccc(CCNC(=O)COC(=O)c2c(C)c(C)c(C)c(C)c2C)cc1OC. The standard InChI is InChI=1S/C24H31NO5/c1-14-15(2)17(4)23(18(5)16(14)3)24(27)30-13-22(26)25-11-10-19-8-9-20(28-6)21(12-19)29-7/h8-9,12H,10-11,13H2,1-7H3,(H,25,26). The van der Waals surface area contributed by atoms with Gasteiger partial charge in [0.05, 0.1) is 19.8 Å². The highest BCUT2D eigenvalue weighted by atomic mass is 16.5. The summed E-state index contributed by atoms with van der Waals surface area (Å²) in [5.41, 5.74) is 6.67. The van der Waals surface area contributed by atoms with E-state index in [1.165, 1.54) is 5.56 Å². The summed E-state index contributed by atoms with van der Waals surface area (Å²) in [7, 11) is 3.17. The van der Waals surface area contributed by atoms with Gasteiger partial charge in [0.15, 0.2) is 18.1 Å². The van der Waals surface area contributed by atoms with Gasteiger partial charge < -0.3 is 19.5 Å². The maximum absolute atomic E-state index is 12.6. The van der Waals surface area contributed by atoms with Crippen molar-refractivity contribution in [3.05, 3.63) is 57.1 Å². The van der Waals surface area contributed by atoms with Crippen molar-refractivity contribution in [3.63, 3.8) is 0 Å².